The van der Waals surface area contributed by atoms with Gasteiger partial charge in [-0.1, -0.05) is 109 Å². The quantitative estimate of drug-likeness (QED) is 0.284. The highest BCUT2D eigenvalue weighted by Crippen LogP contribution is 2.32. The van der Waals surface area contributed by atoms with Gasteiger partial charge in [-0.25, -0.2) is 0 Å². The lowest BCUT2D eigenvalue weighted by Gasteiger charge is -2.08. The van der Waals surface area contributed by atoms with Crippen LogP contribution in [0.15, 0.2) is 126 Å². The Morgan fingerprint density at radius 3 is 1.72 bits per heavy atom. The molecule has 0 saturated heterocycles. The number of rotatable bonds is 4. The molecule has 0 aliphatic carbocycles. The number of hydrogen-bond acceptors (Lipinski definition) is 1. The third kappa shape index (κ3) is 3.38. The largest absolute Gasteiger partial charge is 0.456 e. The van der Waals surface area contributed by atoms with Crippen LogP contribution in [0.2, 0.25) is 0 Å². The van der Waals surface area contributed by atoms with Crippen LogP contribution in [0.1, 0.15) is 11.1 Å². The summed E-state index contributed by atoms with van der Waals surface area (Å²) in [6, 6.07) is 42.9. The summed E-state index contributed by atoms with van der Waals surface area (Å²) in [5, 5.41) is 2.41. The van der Waals surface area contributed by atoms with Gasteiger partial charge in [0, 0.05) is 10.8 Å². The van der Waals surface area contributed by atoms with Gasteiger partial charge in [0.15, 0.2) is 0 Å². The van der Waals surface area contributed by atoms with Crippen molar-refractivity contribution in [1.82, 2.24) is 0 Å². The second-order valence-corrected chi connectivity index (χ2v) is 8.21. The zero-order valence-electron chi connectivity index (χ0n) is 17.7. The standard InChI is InChI=1S/C31H22O/c1-2-7-23(8-3-1)25-17-19-26(20-18-25)24-15-13-22(14-16-24)21-27-9-6-12-30-31(27)28-10-4-5-11-29(28)32-30/h1-20H,21H2. The number of furan rings is 1. The maximum Gasteiger partial charge on any atom is 0.135 e. The lowest BCUT2D eigenvalue weighted by atomic mass is 9.96. The van der Waals surface area contributed by atoms with Crippen LogP contribution in [-0.4, -0.2) is 0 Å². The molecule has 6 aromatic rings. The topological polar surface area (TPSA) is 13.1 Å². The van der Waals surface area contributed by atoms with Gasteiger partial charge in [-0.15, -0.1) is 0 Å². The van der Waals surface area contributed by atoms with Crippen LogP contribution < -0.4 is 0 Å². The Balaban J connectivity index is 1.28. The SMILES string of the molecule is c1ccc(-c2ccc(-c3ccc(Cc4cccc5oc6ccccc6c45)cc3)cc2)cc1. The summed E-state index contributed by atoms with van der Waals surface area (Å²) in [4.78, 5) is 0. The van der Waals surface area contributed by atoms with Gasteiger partial charge in [-0.3, -0.25) is 0 Å². The maximum absolute atomic E-state index is 6.05. The van der Waals surface area contributed by atoms with E-state index in [4.69, 9.17) is 4.42 Å². The van der Waals surface area contributed by atoms with Gasteiger partial charge in [0.05, 0.1) is 0 Å². The Hall–Kier alpha value is -4.10. The molecule has 0 spiro atoms. The molecule has 0 bridgehead atoms. The Kier molecular flexibility index (Phi) is 4.58. The van der Waals surface area contributed by atoms with Crippen molar-refractivity contribution in [2.24, 2.45) is 0 Å². The van der Waals surface area contributed by atoms with Crippen LogP contribution in [0.25, 0.3) is 44.2 Å². The summed E-state index contributed by atoms with van der Waals surface area (Å²) < 4.78 is 6.05. The van der Waals surface area contributed by atoms with E-state index in [-0.39, 0.29) is 0 Å². The van der Waals surface area contributed by atoms with E-state index in [0.29, 0.717) is 0 Å². The molecule has 0 saturated carbocycles. The summed E-state index contributed by atoms with van der Waals surface area (Å²) >= 11 is 0. The van der Waals surface area contributed by atoms with Crippen molar-refractivity contribution in [3.63, 3.8) is 0 Å². The monoisotopic (exact) mass is 410 g/mol. The Bertz CT molecular complexity index is 1510. The molecule has 5 aromatic carbocycles. The van der Waals surface area contributed by atoms with Gasteiger partial charge in [0.25, 0.3) is 0 Å². The van der Waals surface area contributed by atoms with Crippen LogP contribution >= 0.6 is 0 Å². The highest BCUT2D eigenvalue weighted by atomic mass is 16.3. The molecule has 32 heavy (non-hydrogen) atoms. The molecule has 6 rings (SSSR count). The van der Waals surface area contributed by atoms with Gasteiger partial charge in [-0.05, 0) is 51.9 Å². The van der Waals surface area contributed by atoms with Gasteiger partial charge >= 0.3 is 0 Å². The molecule has 1 heterocycles. The van der Waals surface area contributed by atoms with Gasteiger partial charge < -0.3 is 4.42 Å². The van der Waals surface area contributed by atoms with E-state index in [9.17, 15) is 0 Å². The molecule has 0 amide bonds. The third-order valence-corrected chi connectivity index (χ3v) is 6.16. The fraction of sp³-hybridized carbons (Fsp3) is 0.0323. The maximum atomic E-state index is 6.05. The molecular formula is C31H22O. The summed E-state index contributed by atoms with van der Waals surface area (Å²) in [6.45, 7) is 0. The molecule has 0 N–H and O–H groups in total. The minimum atomic E-state index is 0.883. The predicted octanol–water partition coefficient (Wildman–Crippen LogP) is 8.51. The number of fused-ring (bicyclic) bond motifs is 3. The summed E-state index contributed by atoms with van der Waals surface area (Å²) in [5.41, 5.74) is 9.46. The van der Waals surface area contributed by atoms with E-state index in [2.05, 4.69) is 109 Å². The van der Waals surface area contributed by atoms with E-state index in [1.165, 1.54) is 44.2 Å². The molecular weight excluding hydrogens is 388 g/mol. The Labute approximate surface area is 187 Å². The van der Waals surface area contributed by atoms with Gasteiger partial charge in [0.2, 0.25) is 0 Å². The van der Waals surface area contributed by atoms with E-state index in [1.807, 2.05) is 12.1 Å². The second-order valence-electron chi connectivity index (χ2n) is 8.21. The van der Waals surface area contributed by atoms with Crippen LogP contribution in [0.3, 0.4) is 0 Å². The van der Waals surface area contributed by atoms with Crippen molar-refractivity contribution < 1.29 is 4.42 Å². The predicted molar refractivity (Wildman–Crippen MR) is 134 cm³/mol. The van der Waals surface area contributed by atoms with Crippen molar-refractivity contribution in [3.05, 3.63) is 132 Å². The van der Waals surface area contributed by atoms with E-state index in [0.717, 1.165) is 17.6 Å². The van der Waals surface area contributed by atoms with Crippen molar-refractivity contribution in [2.45, 2.75) is 6.42 Å². The smallest absolute Gasteiger partial charge is 0.135 e. The van der Waals surface area contributed by atoms with Crippen LogP contribution in [0, 0.1) is 0 Å². The van der Waals surface area contributed by atoms with Crippen LogP contribution in [-0.2, 0) is 6.42 Å². The first-order valence-corrected chi connectivity index (χ1v) is 11.0. The Morgan fingerprint density at radius 2 is 1.00 bits per heavy atom. The van der Waals surface area contributed by atoms with Crippen molar-refractivity contribution in [2.75, 3.05) is 0 Å². The third-order valence-electron chi connectivity index (χ3n) is 6.16. The molecule has 1 nitrogen and oxygen atoms in total. The van der Waals surface area contributed by atoms with Gasteiger partial charge in [-0.2, -0.15) is 0 Å². The zero-order valence-corrected chi connectivity index (χ0v) is 17.7. The second kappa shape index (κ2) is 7.86. The molecule has 0 fully saturated rings. The minimum Gasteiger partial charge on any atom is -0.456 e. The summed E-state index contributed by atoms with van der Waals surface area (Å²) in [7, 11) is 0. The first kappa shape index (κ1) is 18.7. The molecule has 0 aliphatic heterocycles. The first-order valence-electron chi connectivity index (χ1n) is 11.0. The molecule has 0 aliphatic rings. The lowest BCUT2D eigenvalue weighted by molar-refractivity contribution is 0.668. The number of hydrogen-bond donors (Lipinski definition) is 0. The highest BCUT2D eigenvalue weighted by molar-refractivity contribution is 6.06. The lowest BCUT2D eigenvalue weighted by Crippen LogP contribution is -1.89. The number of benzene rings is 5. The normalized spacial score (nSPS) is 11.2. The van der Waals surface area contributed by atoms with Crippen LogP contribution in [0.4, 0.5) is 0 Å². The van der Waals surface area contributed by atoms with Crippen molar-refractivity contribution in [3.8, 4) is 22.3 Å². The summed E-state index contributed by atoms with van der Waals surface area (Å²) in [5.74, 6) is 0. The average Bonchev–Trinajstić information content (AvgIpc) is 3.25. The summed E-state index contributed by atoms with van der Waals surface area (Å²) in [6.07, 6.45) is 0.883. The molecule has 0 atom stereocenters. The molecule has 1 aromatic heterocycles. The minimum absolute atomic E-state index is 0.883. The Morgan fingerprint density at radius 1 is 0.438 bits per heavy atom. The van der Waals surface area contributed by atoms with Crippen LogP contribution in [0.5, 0.6) is 0 Å². The fourth-order valence-corrected chi connectivity index (χ4v) is 4.52. The van der Waals surface area contributed by atoms with E-state index < -0.39 is 0 Å². The highest BCUT2D eigenvalue weighted by Gasteiger charge is 2.11. The fourth-order valence-electron chi connectivity index (χ4n) is 4.52. The average molecular weight is 411 g/mol. The first-order chi connectivity index (χ1) is 15.8. The number of para-hydroxylation sites is 1. The molecule has 1 heteroatoms. The zero-order chi connectivity index (χ0) is 21.3. The molecule has 0 unspecified atom stereocenters. The van der Waals surface area contributed by atoms with Gasteiger partial charge in [0.1, 0.15) is 11.2 Å². The molecule has 0 radical (unpaired) electrons. The molecule has 152 valence electrons. The van der Waals surface area contributed by atoms with Crippen molar-refractivity contribution >= 4 is 21.9 Å². The van der Waals surface area contributed by atoms with Crippen molar-refractivity contribution in [1.29, 1.82) is 0 Å². The van der Waals surface area contributed by atoms with E-state index >= 15 is 0 Å². The van der Waals surface area contributed by atoms with E-state index in [1.54, 1.807) is 0 Å².